The van der Waals surface area contributed by atoms with Crippen LogP contribution >= 0.6 is 0 Å². The molecule has 4 heteroatoms. The summed E-state index contributed by atoms with van der Waals surface area (Å²) in [7, 11) is 0. The number of nitrogens with one attached hydrogen (secondary N) is 1. The van der Waals surface area contributed by atoms with E-state index in [1.165, 1.54) is 48.9 Å². The summed E-state index contributed by atoms with van der Waals surface area (Å²) >= 11 is 0. The minimum Gasteiger partial charge on any atom is -0.354 e. The molecule has 10 rings (SSSR count). The predicted octanol–water partition coefficient (Wildman–Crippen LogP) is 9.53. The number of pyridine rings is 1. The Morgan fingerprint density at radius 1 is 0.488 bits per heavy atom. The standard InChI is InChI=1S/C37H22N4/c1-2-10-22(11-3-1)40-32-16-8-5-12-23(32)27-20-28-26(21-34(27)40)24-18-19-31-35(25-13-4-6-14-29(25)38-31)36(24)41-33-17-9-7-15-30(33)39-37(28)41/h1-21,38H. The van der Waals surface area contributed by atoms with Gasteiger partial charge in [0.1, 0.15) is 5.65 Å². The van der Waals surface area contributed by atoms with Gasteiger partial charge in [-0.05, 0) is 60.0 Å². The maximum atomic E-state index is 5.26. The van der Waals surface area contributed by atoms with Crippen molar-refractivity contribution >= 4 is 82.0 Å². The minimum absolute atomic E-state index is 0.991. The number of nitrogens with zero attached hydrogens (tertiary/aromatic N) is 3. The van der Waals surface area contributed by atoms with Gasteiger partial charge in [-0.2, -0.15) is 0 Å². The van der Waals surface area contributed by atoms with Gasteiger partial charge in [0.15, 0.2) is 0 Å². The van der Waals surface area contributed by atoms with Crippen LogP contribution in [-0.4, -0.2) is 18.9 Å². The normalized spacial score (nSPS) is 12.4. The number of imidazole rings is 1. The van der Waals surface area contributed by atoms with Crippen LogP contribution in [0.3, 0.4) is 0 Å². The number of aromatic nitrogens is 4. The Bertz CT molecular complexity index is 2690. The molecule has 0 bridgehead atoms. The summed E-state index contributed by atoms with van der Waals surface area (Å²) in [5, 5.41) is 8.54. The number of fused-ring (bicyclic) bond motifs is 15. The van der Waals surface area contributed by atoms with Crippen LogP contribution in [0.4, 0.5) is 0 Å². The highest BCUT2D eigenvalue weighted by Gasteiger charge is 2.20. The highest BCUT2D eigenvalue weighted by Crippen LogP contribution is 2.42. The molecule has 0 atom stereocenters. The molecule has 0 saturated carbocycles. The molecule has 41 heavy (non-hydrogen) atoms. The van der Waals surface area contributed by atoms with E-state index in [2.05, 4.69) is 141 Å². The van der Waals surface area contributed by atoms with Crippen LogP contribution in [0.1, 0.15) is 0 Å². The third-order valence-corrected chi connectivity index (χ3v) is 8.79. The van der Waals surface area contributed by atoms with E-state index in [0.29, 0.717) is 0 Å². The van der Waals surface area contributed by atoms with Crippen LogP contribution in [0.5, 0.6) is 0 Å². The van der Waals surface area contributed by atoms with Crippen molar-refractivity contribution in [3.05, 3.63) is 127 Å². The number of hydrogen-bond donors (Lipinski definition) is 1. The van der Waals surface area contributed by atoms with Crippen LogP contribution in [0.15, 0.2) is 127 Å². The molecule has 190 valence electrons. The van der Waals surface area contributed by atoms with Crippen LogP contribution < -0.4 is 0 Å². The Morgan fingerprint density at radius 2 is 1.24 bits per heavy atom. The van der Waals surface area contributed by atoms with E-state index in [1.54, 1.807) is 0 Å². The summed E-state index contributed by atoms with van der Waals surface area (Å²) in [6, 6.07) is 45.8. The first-order valence-corrected chi connectivity index (χ1v) is 14.0. The van der Waals surface area contributed by atoms with Crippen molar-refractivity contribution in [1.29, 1.82) is 0 Å². The zero-order valence-electron chi connectivity index (χ0n) is 22.0. The van der Waals surface area contributed by atoms with Crippen molar-refractivity contribution in [3.63, 3.8) is 0 Å². The second-order valence-corrected chi connectivity index (χ2v) is 10.9. The molecule has 1 N–H and O–H groups in total. The molecule has 0 aliphatic rings. The summed E-state index contributed by atoms with van der Waals surface area (Å²) < 4.78 is 4.78. The summed E-state index contributed by atoms with van der Waals surface area (Å²) in [5.74, 6) is 0. The number of H-pyrrole nitrogens is 1. The van der Waals surface area contributed by atoms with Gasteiger partial charge in [-0.3, -0.25) is 4.40 Å². The van der Waals surface area contributed by atoms with Crippen LogP contribution in [0.2, 0.25) is 0 Å². The molecule has 10 aromatic rings. The molecule has 0 saturated heterocycles. The number of hydrogen-bond acceptors (Lipinski definition) is 1. The van der Waals surface area contributed by atoms with Gasteiger partial charge in [-0.25, -0.2) is 4.98 Å². The molecular formula is C37H22N4. The van der Waals surface area contributed by atoms with Gasteiger partial charge >= 0.3 is 0 Å². The fraction of sp³-hybridized carbons (Fsp3) is 0. The number of para-hydroxylation sites is 5. The molecule has 0 spiro atoms. The van der Waals surface area contributed by atoms with E-state index in [4.69, 9.17) is 4.98 Å². The molecule has 0 fully saturated rings. The number of benzene rings is 6. The third-order valence-electron chi connectivity index (χ3n) is 8.79. The SMILES string of the molecule is c1ccc(-n2c3ccccc3c3cc4c(cc32)c2ccc3[nH]c5ccccc5c3c2n2c3ccccc3nc42)cc1. The molecule has 4 aromatic heterocycles. The highest BCUT2D eigenvalue weighted by atomic mass is 15.0. The molecule has 0 radical (unpaired) electrons. The molecule has 4 heterocycles. The van der Waals surface area contributed by atoms with Gasteiger partial charge < -0.3 is 9.55 Å². The average molecular weight is 523 g/mol. The molecule has 0 unspecified atom stereocenters. The lowest BCUT2D eigenvalue weighted by Crippen LogP contribution is -1.95. The van der Waals surface area contributed by atoms with Crippen molar-refractivity contribution < 1.29 is 0 Å². The Morgan fingerprint density at radius 3 is 2.15 bits per heavy atom. The van der Waals surface area contributed by atoms with E-state index < -0.39 is 0 Å². The topological polar surface area (TPSA) is 38.0 Å². The summed E-state index contributed by atoms with van der Waals surface area (Å²) in [5.41, 5.74) is 10.2. The van der Waals surface area contributed by atoms with E-state index >= 15 is 0 Å². The maximum Gasteiger partial charge on any atom is 0.146 e. The van der Waals surface area contributed by atoms with Crippen LogP contribution in [0.25, 0.3) is 87.7 Å². The van der Waals surface area contributed by atoms with Crippen molar-refractivity contribution in [2.45, 2.75) is 0 Å². The largest absolute Gasteiger partial charge is 0.354 e. The second kappa shape index (κ2) is 7.52. The minimum atomic E-state index is 0.991. The summed E-state index contributed by atoms with van der Waals surface area (Å²) in [4.78, 5) is 8.93. The lowest BCUT2D eigenvalue weighted by Gasteiger charge is -2.12. The molecule has 6 aromatic carbocycles. The first-order valence-electron chi connectivity index (χ1n) is 14.0. The van der Waals surface area contributed by atoms with Gasteiger partial charge in [-0.15, -0.1) is 0 Å². The molecule has 0 aliphatic carbocycles. The van der Waals surface area contributed by atoms with Gasteiger partial charge in [0.25, 0.3) is 0 Å². The van der Waals surface area contributed by atoms with Crippen molar-refractivity contribution in [2.75, 3.05) is 0 Å². The number of aromatic amines is 1. The summed E-state index contributed by atoms with van der Waals surface area (Å²) in [6.45, 7) is 0. The Hall–Kier alpha value is -5.61. The quantitative estimate of drug-likeness (QED) is 0.214. The van der Waals surface area contributed by atoms with E-state index in [1.807, 2.05) is 0 Å². The summed E-state index contributed by atoms with van der Waals surface area (Å²) in [6.07, 6.45) is 0. The van der Waals surface area contributed by atoms with E-state index in [0.717, 1.165) is 38.8 Å². The monoisotopic (exact) mass is 522 g/mol. The first kappa shape index (κ1) is 21.2. The highest BCUT2D eigenvalue weighted by molar-refractivity contribution is 6.28. The van der Waals surface area contributed by atoms with Crippen LogP contribution in [-0.2, 0) is 0 Å². The van der Waals surface area contributed by atoms with Gasteiger partial charge in [0.2, 0.25) is 0 Å². The molecule has 4 nitrogen and oxygen atoms in total. The van der Waals surface area contributed by atoms with Gasteiger partial charge in [0, 0.05) is 49.0 Å². The van der Waals surface area contributed by atoms with Gasteiger partial charge in [-0.1, -0.05) is 72.8 Å². The van der Waals surface area contributed by atoms with Crippen molar-refractivity contribution in [3.8, 4) is 5.69 Å². The van der Waals surface area contributed by atoms with Crippen molar-refractivity contribution in [1.82, 2.24) is 18.9 Å². The molecule has 0 amide bonds. The fourth-order valence-corrected chi connectivity index (χ4v) is 7.08. The van der Waals surface area contributed by atoms with E-state index in [-0.39, 0.29) is 0 Å². The molecule has 0 aliphatic heterocycles. The maximum absolute atomic E-state index is 5.26. The smallest absolute Gasteiger partial charge is 0.146 e. The lowest BCUT2D eigenvalue weighted by molar-refractivity contribution is 1.18. The second-order valence-electron chi connectivity index (χ2n) is 10.9. The van der Waals surface area contributed by atoms with Crippen LogP contribution in [0, 0.1) is 0 Å². The Kier molecular flexibility index (Phi) is 3.90. The Labute approximate surface area is 233 Å². The molecular weight excluding hydrogens is 500 g/mol. The zero-order valence-corrected chi connectivity index (χ0v) is 22.0. The average Bonchev–Trinajstić information content (AvgIpc) is 3.70. The fourth-order valence-electron chi connectivity index (χ4n) is 7.08. The first-order chi connectivity index (χ1) is 20.3. The zero-order chi connectivity index (χ0) is 26.7. The van der Waals surface area contributed by atoms with Gasteiger partial charge in [0.05, 0.1) is 27.6 Å². The van der Waals surface area contributed by atoms with E-state index in [9.17, 15) is 0 Å². The van der Waals surface area contributed by atoms with Crippen molar-refractivity contribution in [2.24, 2.45) is 0 Å². The Balaban J connectivity index is 1.52. The number of rotatable bonds is 1. The third kappa shape index (κ3) is 2.66. The predicted molar refractivity (Wildman–Crippen MR) is 171 cm³/mol. The lowest BCUT2D eigenvalue weighted by atomic mass is 10.00.